The number of carbonyl (C=O) groups excluding carboxylic acids is 9. The Kier molecular flexibility index (Phi) is 38.8. The molecule has 4 amide bonds. The zero-order valence-electron chi connectivity index (χ0n) is 54.0. The number of aliphatic imine (C=N–C) groups is 5. The van der Waals surface area contributed by atoms with Gasteiger partial charge in [-0.15, -0.1) is 0 Å². The maximum Gasteiger partial charge on any atom is 0.227 e. The fraction of sp³-hybridized carbons (Fsp3) is 0.667. The van der Waals surface area contributed by atoms with E-state index in [1.165, 1.54) is 24.0 Å². The lowest BCUT2D eigenvalue weighted by molar-refractivity contribution is -0.139. The second kappa shape index (κ2) is 44.9. The summed E-state index contributed by atoms with van der Waals surface area (Å²) in [6, 6.07) is 1.71. The number of likely N-dealkylation sites (tertiary alicyclic amines) is 1. The second-order valence-corrected chi connectivity index (χ2v) is 23.5. The molecule has 1 aliphatic heterocycles. The van der Waals surface area contributed by atoms with E-state index in [4.69, 9.17) is 74.5 Å². The van der Waals surface area contributed by atoms with Crippen LogP contribution in [0, 0.1) is 23.7 Å². The van der Waals surface area contributed by atoms with Crippen LogP contribution >= 0.6 is 0 Å². The van der Waals surface area contributed by atoms with Crippen LogP contribution in [0.15, 0.2) is 49.2 Å². The highest BCUT2D eigenvalue weighted by Gasteiger charge is 2.38. The van der Waals surface area contributed by atoms with Crippen molar-refractivity contribution in [2.45, 2.75) is 179 Å². The Hall–Kier alpha value is -8.56. The van der Waals surface area contributed by atoms with E-state index in [0.29, 0.717) is 57.2 Å². The van der Waals surface area contributed by atoms with Gasteiger partial charge in [0.1, 0.15) is 17.8 Å². The molecule has 522 valence electrons. The van der Waals surface area contributed by atoms with Gasteiger partial charge >= 0.3 is 0 Å². The molecule has 2 rings (SSSR count). The van der Waals surface area contributed by atoms with Crippen LogP contribution in [0.5, 0.6) is 5.75 Å². The fourth-order valence-electron chi connectivity index (χ4n) is 10.8. The van der Waals surface area contributed by atoms with Gasteiger partial charge in [-0.1, -0.05) is 18.6 Å². The van der Waals surface area contributed by atoms with Crippen LogP contribution in [0.25, 0.3) is 0 Å². The minimum atomic E-state index is -1.31. The number of aromatic hydroxyl groups is 1. The van der Waals surface area contributed by atoms with E-state index in [1.54, 1.807) is 12.1 Å². The zero-order valence-corrected chi connectivity index (χ0v) is 54.0. The predicted molar refractivity (Wildman–Crippen MR) is 357 cm³/mol. The van der Waals surface area contributed by atoms with E-state index in [2.05, 4.69) is 46.2 Å². The fourth-order valence-corrected chi connectivity index (χ4v) is 10.8. The number of rotatable bonds is 50. The summed E-state index contributed by atoms with van der Waals surface area (Å²) >= 11 is 0. The quantitative estimate of drug-likeness (QED) is 0.0129. The van der Waals surface area contributed by atoms with Gasteiger partial charge in [-0.05, 0) is 140 Å². The van der Waals surface area contributed by atoms with Crippen LogP contribution < -0.4 is 95.8 Å². The first-order valence-electron chi connectivity index (χ1n) is 31.9. The normalized spacial score (nSPS) is 15.0. The molecule has 0 radical (unpaired) electrons. The topological polar surface area (TPSA) is 625 Å². The van der Waals surface area contributed by atoms with Crippen LogP contribution in [0.4, 0.5) is 0 Å². The van der Waals surface area contributed by atoms with Crippen molar-refractivity contribution in [1.82, 2.24) is 26.2 Å². The minimum absolute atomic E-state index is 0.00290. The number of nitrogens with one attached hydrogen (secondary N) is 4. The van der Waals surface area contributed by atoms with Crippen LogP contribution in [-0.4, -0.2) is 175 Å². The van der Waals surface area contributed by atoms with Crippen molar-refractivity contribution in [3.05, 3.63) is 29.8 Å². The van der Waals surface area contributed by atoms with Crippen LogP contribution in [0.2, 0.25) is 0 Å². The molecule has 0 saturated carbocycles. The molecule has 1 fully saturated rings. The minimum Gasteiger partial charge on any atom is -0.508 e. The number of ketones is 5. The van der Waals surface area contributed by atoms with Crippen LogP contribution in [-0.2, 0) is 49.6 Å². The summed E-state index contributed by atoms with van der Waals surface area (Å²) in [4.78, 5) is 150. The average molecular weight is 1310 g/mol. The first-order valence-corrected chi connectivity index (χ1v) is 31.9. The third kappa shape index (κ3) is 34.6. The van der Waals surface area contributed by atoms with E-state index in [9.17, 15) is 48.3 Å². The van der Waals surface area contributed by atoms with Crippen molar-refractivity contribution in [1.29, 1.82) is 0 Å². The van der Waals surface area contributed by atoms with Crippen molar-refractivity contribution in [2.75, 3.05) is 52.4 Å². The van der Waals surface area contributed by atoms with E-state index in [-0.39, 0.29) is 182 Å². The molecule has 1 aromatic carbocycles. The summed E-state index contributed by atoms with van der Waals surface area (Å²) in [6.45, 7) is 2.71. The SMILES string of the molecule is CC(=O)[C@H](CCCN=C(N)N)CC(=O)[C@H](CCCNC(N)N)NC(=O)[C@H](CCCN=C(N)N)CC(=O)[C@H](CCCN=C(N)N)NC(=O)[C@H](CCCN=C(N)N)CC(=O)[C@H](CCCN=C(N)N)NC(=O)[C@H](CCCCN)CC(=O)[C@@H]1CCCN1C(=O)Cc1ccc(O)cc1. The number of hydrogen-bond donors (Lipinski definition) is 18. The van der Waals surface area contributed by atoms with Gasteiger partial charge in [0.2, 0.25) is 23.6 Å². The Morgan fingerprint density at radius 3 is 1.26 bits per heavy atom. The molecule has 0 aromatic heterocycles. The monoisotopic (exact) mass is 1310 g/mol. The number of phenolic OH excluding ortho intramolecular Hbond substituents is 1. The molecular formula is C60H107N23O10. The van der Waals surface area contributed by atoms with Gasteiger partial charge < -0.3 is 100 Å². The van der Waals surface area contributed by atoms with Gasteiger partial charge in [-0.3, -0.25) is 73.4 Å². The molecule has 33 nitrogen and oxygen atoms in total. The summed E-state index contributed by atoms with van der Waals surface area (Å²) in [7, 11) is 0. The predicted octanol–water partition coefficient (Wildman–Crippen LogP) is -3.76. The number of hydrogen-bond acceptors (Lipinski definition) is 19. The molecule has 1 heterocycles. The number of benzene rings is 1. The number of nitrogens with two attached hydrogens (primary N) is 13. The third-order valence-corrected chi connectivity index (χ3v) is 15.8. The van der Waals surface area contributed by atoms with E-state index in [1.807, 2.05) is 0 Å². The van der Waals surface area contributed by atoms with Gasteiger partial charge in [0.05, 0.1) is 30.6 Å². The Labute approximate surface area is 544 Å². The van der Waals surface area contributed by atoms with Crippen LogP contribution in [0.1, 0.15) is 147 Å². The summed E-state index contributed by atoms with van der Waals surface area (Å²) in [5.41, 5.74) is 73.8. The Morgan fingerprint density at radius 1 is 0.505 bits per heavy atom. The van der Waals surface area contributed by atoms with Crippen molar-refractivity contribution >= 4 is 82.3 Å². The number of guanidine groups is 5. The van der Waals surface area contributed by atoms with Crippen molar-refractivity contribution in [2.24, 2.45) is 123 Å². The van der Waals surface area contributed by atoms with E-state index < -0.39 is 102 Å². The smallest absolute Gasteiger partial charge is 0.227 e. The molecule has 1 saturated heterocycles. The van der Waals surface area contributed by atoms with Gasteiger partial charge in [-0.25, -0.2) is 0 Å². The maximum absolute atomic E-state index is 14.9. The highest BCUT2D eigenvalue weighted by atomic mass is 16.3. The van der Waals surface area contributed by atoms with E-state index in [0.717, 1.165) is 0 Å². The van der Waals surface area contributed by atoms with Gasteiger partial charge in [0.25, 0.3) is 0 Å². The summed E-state index contributed by atoms with van der Waals surface area (Å²) in [6.07, 6.45) is 1.60. The molecule has 1 aromatic rings. The molecule has 0 aliphatic carbocycles. The largest absolute Gasteiger partial charge is 0.508 e. The third-order valence-electron chi connectivity index (χ3n) is 15.8. The molecule has 0 spiro atoms. The molecule has 1 aliphatic rings. The van der Waals surface area contributed by atoms with Gasteiger partial charge in [-0.2, -0.15) is 0 Å². The molecular weight excluding hydrogens is 1200 g/mol. The highest BCUT2D eigenvalue weighted by Crippen LogP contribution is 2.26. The Bertz CT molecular complexity index is 2690. The summed E-state index contributed by atoms with van der Waals surface area (Å²) in [5, 5.41) is 21.2. The highest BCUT2D eigenvalue weighted by molar-refractivity contribution is 5.98. The number of nitrogens with zero attached hydrogens (tertiary/aromatic N) is 6. The first kappa shape index (κ1) is 80.5. The number of unbranched alkanes of at least 4 members (excludes halogenated alkanes) is 1. The number of carbonyl (C=O) groups is 9. The van der Waals surface area contributed by atoms with Crippen molar-refractivity contribution < 1.29 is 48.3 Å². The molecule has 0 bridgehead atoms. The van der Waals surface area contributed by atoms with Gasteiger partial charge in [0, 0.05) is 88.6 Å². The Balaban J connectivity index is 2.62. The Morgan fingerprint density at radius 2 is 0.871 bits per heavy atom. The standard InChI is InChI=1S/C60H107N23O10/c1-36(84)38(12-4-24-74-55(62)63)32-47(86)43(15-7-27-77-58(68)69)80-53(92)40(13-5-25-75-56(64)65)33-49(88)45(17-9-29-79-60(72)73)82-54(93)41(14-6-26-76-57(66)67)34-48(87)44(16-8-28-78-59(70)71)81-52(91)39(11-2-3-23-61)35-50(89)46-18-10-30-83(46)51(90)31-37-19-21-42(85)22-20-37/h19-22,38-41,43-46,58,77,85H,2-18,23-35,61,68-69H2,1H3,(H,80,92)(H,81,91)(H,82,93)(H4,62,63,74)(H4,64,65,75)(H4,66,67,76)(H4,70,71,78)(H4,72,73,79)/t38-,39-,40-,41-,43+,44+,45+,46+/m1/s1. The molecule has 0 unspecified atom stereocenters. The average Bonchev–Trinajstić information content (AvgIpc) is 1.88. The number of phenols is 1. The van der Waals surface area contributed by atoms with Crippen molar-refractivity contribution in [3.8, 4) is 5.75 Å². The lowest BCUT2D eigenvalue weighted by Gasteiger charge is -2.27. The summed E-state index contributed by atoms with van der Waals surface area (Å²) in [5.74, 6) is -9.48. The zero-order chi connectivity index (χ0) is 69.4. The number of Topliss-reactive ketones (excluding diaryl/α,β-unsaturated/α-hetero) is 5. The van der Waals surface area contributed by atoms with Crippen molar-refractivity contribution in [3.63, 3.8) is 0 Å². The molecule has 31 N–H and O–H groups in total. The van der Waals surface area contributed by atoms with E-state index >= 15 is 0 Å². The lowest BCUT2D eigenvalue weighted by Crippen LogP contribution is -2.49. The maximum atomic E-state index is 14.9. The van der Waals surface area contributed by atoms with Gasteiger partial charge in [0.15, 0.2) is 52.9 Å². The lowest BCUT2D eigenvalue weighted by atomic mass is 9.88. The number of amides is 4. The first-order chi connectivity index (χ1) is 44.1. The van der Waals surface area contributed by atoms with Crippen LogP contribution in [0.3, 0.4) is 0 Å². The molecule has 33 heteroatoms. The molecule has 8 atom stereocenters. The second-order valence-electron chi connectivity index (χ2n) is 23.5. The molecule has 93 heavy (non-hydrogen) atoms. The summed E-state index contributed by atoms with van der Waals surface area (Å²) < 4.78 is 0.